The lowest BCUT2D eigenvalue weighted by molar-refractivity contribution is -0.126. The number of fused-ring (bicyclic) bond motifs is 4. The number of hydrogen-bond acceptors (Lipinski definition) is 3. The third-order valence-corrected chi connectivity index (χ3v) is 4.68. The fourth-order valence-electron chi connectivity index (χ4n) is 3.77. The Balaban J connectivity index is 2.08. The Kier molecular flexibility index (Phi) is 2.49. The number of para-hydroxylation sites is 1. The van der Waals surface area contributed by atoms with Crippen LogP contribution in [0, 0.1) is 6.92 Å². The lowest BCUT2D eigenvalue weighted by atomic mass is 9.71. The number of aromatic amines is 1. The van der Waals surface area contributed by atoms with Crippen molar-refractivity contribution in [1.82, 2.24) is 10.2 Å². The zero-order chi connectivity index (χ0) is 15.5. The number of carbonyl (C=O) groups excluding carboxylic acids is 2. The second-order valence-electron chi connectivity index (χ2n) is 5.81. The summed E-state index contributed by atoms with van der Waals surface area (Å²) in [6.45, 7) is 4.52. The summed E-state index contributed by atoms with van der Waals surface area (Å²) in [4.78, 5) is 27.2. The van der Waals surface area contributed by atoms with E-state index in [1.165, 1.54) is 0 Å². The van der Waals surface area contributed by atoms with Gasteiger partial charge in [0.25, 0.3) is 0 Å². The molecular weight excluding hydrogens is 280 g/mol. The van der Waals surface area contributed by atoms with Gasteiger partial charge in [-0.15, -0.1) is 0 Å². The van der Waals surface area contributed by atoms with Crippen LogP contribution in [-0.4, -0.2) is 28.6 Å². The van der Waals surface area contributed by atoms with Crippen molar-refractivity contribution in [3.63, 3.8) is 0 Å². The summed E-state index contributed by atoms with van der Waals surface area (Å²) in [5.41, 5.74) is 2.66. The van der Waals surface area contributed by atoms with Gasteiger partial charge in [0.2, 0.25) is 11.8 Å². The molecule has 2 aliphatic heterocycles. The minimum Gasteiger partial charge on any atom is -0.311 e. The van der Waals surface area contributed by atoms with Gasteiger partial charge in [0.15, 0.2) is 0 Å². The molecular formula is C16H16N4O2. The van der Waals surface area contributed by atoms with Gasteiger partial charge < -0.3 is 10.2 Å². The molecule has 1 aromatic heterocycles. The van der Waals surface area contributed by atoms with Crippen molar-refractivity contribution in [2.75, 3.05) is 16.8 Å². The first-order valence-electron chi connectivity index (χ1n) is 7.35. The molecule has 2 aromatic rings. The lowest BCUT2D eigenvalue weighted by Crippen LogP contribution is -2.46. The molecule has 2 N–H and O–H groups in total. The van der Waals surface area contributed by atoms with Crippen LogP contribution in [0.4, 0.5) is 11.5 Å². The van der Waals surface area contributed by atoms with Crippen LogP contribution < -0.4 is 10.2 Å². The molecule has 0 saturated heterocycles. The highest BCUT2D eigenvalue weighted by molar-refractivity contribution is 6.16. The minimum absolute atomic E-state index is 0.0446. The van der Waals surface area contributed by atoms with Gasteiger partial charge in [0, 0.05) is 18.5 Å². The minimum atomic E-state index is -0.956. The number of aryl methyl sites for hydroxylation is 1. The molecule has 1 atom stereocenters. The molecule has 1 spiro atoms. The fourth-order valence-corrected chi connectivity index (χ4v) is 3.77. The molecule has 0 bridgehead atoms. The molecule has 1 aromatic carbocycles. The van der Waals surface area contributed by atoms with E-state index in [4.69, 9.17) is 0 Å². The van der Waals surface area contributed by atoms with Gasteiger partial charge in [-0.2, -0.15) is 5.10 Å². The number of likely N-dealkylation sites (N-methyl/N-ethyl adjacent to an activating group) is 1. The van der Waals surface area contributed by atoms with Crippen LogP contribution in [0.25, 0.3) is 0 Å². The third-order valence-electron chi connectivity index (χ3n) is 4.68. The van der Waals surface area contributed by atoms with E-state index in [0.29, 0.717) is 12.4 Å². The molecule has 0 aliphatic carbocycles. The average molecular weight is 296 g/mol. The number of amides is 2. The number of carbonyl (C=O) groups is 2. The highest BCUT2D eigenvalue weighted by atomic mass is 16.2. The van der Waals surface area contributed by atoms with E-state index in [1.807, 2.05) is 32.0 Å². The predicted molar refractivity (Wildman–Crippen MR) is 81.8 cm³/mol. The first-order chi connectivity index (χ1) is 10.6. The van der Waals surface area contributed by atoms with Gasteiger partial charge in [-0.05, 0) is 25.0 Å². The molecule has 22 heavy (non-hydrogen) atoms. The Bertz CT molecular complexity index is 810. The summed E-state index contributed by atoms with van der Waals surface area (Å²) in [7, 11) is 0. The van der Waals surface area contributed by atoms with Gasteiger partial charge in [-0.1, -0.05) is 18.2 Å². The summed E-state index contributed by atoms with van der Waals surface area (Å²) in [5.74, 6) is 0.308. The molecule has 6 heteroatoms. The molecule has 0 saturated carbocycles. The monoisotopic (exact) mass is 296 g/mol. The van der Waals surface area contributed by atoms with Crippen molar-refractivity contribution >= 4 is 23.3 Å². The molecule has 0 unspecified atom stereocenters. The van der Waals surface area contributed by atoms with Gasteiger partial charge in [0.1, 0.15) is 11.2 Å². The molecule has 0 fully saturated rings. The molecule has 6 nitrogen and oxygen atoms in total. The number of rotatable bonds is 1. The molecule has 2 amide bonds. The van der Waals surface area contributed by atoms with E-state index in [0.717, 1.165) is 22.4 Å². The van der Waals surface area contributed by atoms with E-state index in [9.17, 15) is 9.59 Å². The van der Waals surface area contributed by atoms with Crippen molar-refractivity contribution in [2.24, 2.45) is 0 Å². The third kappa shape index (κ3) is 1.37. The fraction of sp³-hybridized carbons (Fsp3) is 0.312. The summed E-state index contributed by atoms with van der Waals surface area (Å²) in [6, 6.07) is 5.88. The number of aromatic nitrogens is 2. The van der Waals surface area contributed by atoms with Gasteiger partial charge in [-0.25, -0.2) is 0 Å². The van der Waals surface area contributed by atoms with Crippen LogP contribution >= 0.6 is 0 Å². The summed E-state index contributed by atoms with van der Waals surface area (Å²) >= 11 is 0. The van der Waals surface area contributed by atoms with Crippen molar-refractivity contribution in [1.29, 1.82) is 0 Å². The number of nitrogens with one attached hydrogen (secondary N) is 2. The number of nitrogens with zero attached hydrogens (tertiary/aromatic N) is 2. The smallest absolute Gasteiger partial charge is 0.242 e. The maximum Gasteiger partial charge on any atom is 0.242 e. The molecule has 4 rings (SSSR count). The maximum atomic E-state index is 13.2. The van der Waals surface area contributed by atoms with Crippen LogP contribution in [0.3, 0.4) is 0 Å². The highest BCUT2D eigenvalue weighted by Gasteiger charge is 2.56. The van der Waals surface area contributed by atoms with Crippen LogP contribution in [0.2, 0.25) is 0 Å². The normalized spacial score (nSPS) is 22.7. The van der Waals surface area contributed by atoms with Gasteiger partial charge in [0.05, 0.1) is 11.9 Å². The standard InChI is InChI=1S/C16H16N4O2/c1-3-20-13-9(2)5-4-6-10(13)16(15(20)22)7-12(21)18-14-11(16)8-17-19-14/h4-6,8H,3,7H2,1-2H3,(H2,17,18,19,21)/t16-/m0/s1. The zero-order valence-corrected chi connectivity index (χ0v) is 12.4. The quantitative estimate of drug-likeness (QED) is 0.841. The van der Waals surface area contributed by atoms with Gasteiger partial charge in [-0.3, -0.25) is 14.7 Å². The van der Waals surface area contributed by atoms with E-state index >= 15 is 0 Å². The van der Waals surface area contributed by atoms with Crippen molar-refractivity contribution in [3.8, 4) is 0 Å². The summed E-state index contributed by atoms with van der Waals surface area (Å²) < 4.78 is 0. The van der Waals surface area contributed by atoms with Gasteiger partial charge >= 0.3 is 0 Å². The van der Waals surface area contributed by atoms with Crippen LogP contribution in [0.5, 0.6) is 0 Å². The highest BCUT2D eigenvalue weighted by Crippen LogP contribution is 2.52. The number of benzene rings is 1. The van der Waals surface area contributed by atoms with E-state index in [1.54, 1.807) is 11.1 Å². The van der Waals surface area contributed by atoms with Crippen molar-refractivity contribution in [3.05, 3.63) is 41.1 Å². The molecule has 2 aliphatic rings. The van der Waals surface area contributed by atoms with E-state index in [2.05, 4.69) is 15.5 Å². The number of anilines is 2. The summed E-state index contributed by atoms with van der Waals surface area (Å²) in [5, 5.41) is 9.57. The number of H-pyrrole nitrogens is 1. The summed E-state index contributed by atoms with van der Waals surface area (Å²) in [6.07, 6.45) is 1.77. The van der Waals surface area contributed by atoms with Crippen molar-refractivity contribution in [2.45, 2.75) is 25.7 Å². The molecule has 3 heterocycles. The van der Waals surface area contributed by atoms with E-state index in [-0.39, 0.29) is 18.2 Å². The average Bonchev–Trinajstić information content (AvgIpc) is 3.04. The Morgan fingerprint density at radius 1 is 1.32 bits per heavy atom. The first-order valence-corrected chi connectivity index (χ1v) is 7.35. The van der Waals surface area contributed by atoms with Crippen LogP contribution in [-0.2, 0) is 15.0 Å². The number of hydrogen-bond donors (Lipinski definition) is 2. The second kappa shape index (κ2) is 4.19. The van der Waals surface area contributed by atoms with Crippen molar-refractivity contribution < 1.29 is 9.59 Å². The molecule has 0 radical (unpaired) electrons. The topological polar surface area (TPSA) is 78.1 Å². The zero-order valence-electron chi connectivity index (χ0n) is 12.4. The Hall–Kier alpha value is -2.63. The first kappa shape index (κ1) is 13.1. The van der Waals surface area contributed by atoms with Crippen LogP contribution in [0.15, 0.2) is 24.4 Å². The second-order valence-corrected chi connectivity index (χ2v) is 5.81. The largest absolute Gasteiger partial charge is 0.311 e. The predicted octanol–water partition coefficient (Wildman–Crippen LogP) is 1.71. The Morgan fingerprint density at radius 3 is 2.91 bits per heavy atom. The maximum absolute atomic E-state index is 13.2. The van der Waals surface area contributed by atoms with E-state index < -0.39 is 5.41 Å². The molecule has 112 valence electrons. The van der Waals surface area contributed by atoms with Crippen LogP contribution in [0.1, 0.15) is 30.0 Å². The SMILES string of the molecule is CCN1C(=O)[C@@]2(CC(=O)Nc3[nH]ncc32)c2cccc(C)c21. The Morgan fingerprint density at radius 2 is 2.14 bits per heavy atom. The lowest BCUT2D eigenvalue weighted by Gasteiger charge is -2.31. The Labute approximate surface area is 127 Å².